The minimum absolute atomic E-state index is 0.0917. The van der Waals surface area contributed by atoms with Crippen LogP contribution in [-0.2, 0) is 19.6 Å². The molecule has 2 amide bonds. The zero-order valence-corrected chi connectivity index (χ0v) is 20.6. The number of hydrogen-bond acceptors (Lipinski definition) is 6. The van der Waals surface area contributed by atoms with Crippen molar-refractivity contribution in [2.45, 2.75) is 22.6 Å². The number of rotatable bonds is 8. The number of para-hydroxylation sites is 1. The third kappa shape index (κ3) is 6.07. The van der Waals surface area contributed by atoms with E-state index in [1.54, 1.807) is 19.2 Å². The maximum Gasteiger partial charge on any atom is 0.244 e. The maximum absolute atomic E-state index is 13.1. The zero-order valence-electron chi connectivity index (χ0n) is 19.0. The van der Waals surface area contributed by atoms with E-state index in [2.05, 4.69) is 5.32 Å². The largest absolute Gasteiger partial charge is 0.497 e. The smallest absolute Gasteiger partial charge is 0.244 e. The quantitative estimate of drug-likeness (QED) is 0.571. The first-order valence-electron chi connectivity index (χ1n) is 10.6. The molecule has 0 radical (unpaired) electrons. The zero-order chi connectivity index (χ0) is 24.0. The molecule has 178 valence electrons. The van der Waals surface area contributed by atoms with Gasteiger partial charge in [0.15, 0.2) is 0 Å². The number of carbonyl (C=O) groups excluding carboxylic acids is 2. The lowest BCUT2D eigenvalue weighted by atomic mass is 9.98. The molecule has 1 atom stereocenters. The van der Waals surface area contributed by atoms with Crippen LogP contribution in [0.4, 0.5) is 5.69 Å². The van der Waals surface area contributed by atoms with Gasteiger partial charge in [-0.3, -0.25) is 9.59 Å². The first-order valence-corrected chi connectivity index (χ1v) is 13.2. The van der Waals surface area contributed by atoms with Gasteiger partial charge in [-0.1, -0.05) is 12.1 Å². The second-order valence-corrected chi connectivity index (χ2v) is 10.6. The first kappa shape index (κ1) is 25.1. The molecule has 0 aromatic heterocycles. The summed E-state index contributed by atoms with van der Waals surface area (Å²) in [7, 11) is -0.640. The standard InChI is InChI=1S/C23H29N3O5S2/c1-25(16-22(27)24-20-8-4-5-9-21(20)32-3)23(28)17-7-6-14-26(15-17)33(29,30)19-12-10-18(31-2)11-13-19/h4-5,8-13,17H,6-7,14-16H2,1-3H3,(H,24,27). The normalized spacial score (nSPS) is 16.8. The van der Waals surface area contributed by atoms with Crippen LogP contribution in [0.3, 0.4) is 0 Å². The van der Waals surface area contributed by atoms with Crippen molar-refractivity contribution in [2.24, 2.45) is 5.92 Å². The Labute approximate surface area is 199 Å². The lowest BCUT2D eigenvalue weighted by molar-refractivity contribution is -0.138. The summed E-state index contributed by atoms with van der Waals surface area (Å²) in [5, 5.41) is 2.84. The summed E-state index contributed by atoms with van der Waals surface area (Å²) in [5.41, 5.74) is 0.699. The molecule has 10 heteroatoms. The van der Waals surface area contributed by atoms with Crippen molar-refractivity contribution in [1.82, 2.24) is 9.21 Å². The van der Waals surface area contributed by atoms with E-state index < -0.39 is 15.9 Å². The van der Waals surface area contributed by atoms with Crippen LogP contribution >= 0.6 is 11.8 Å². The molecule has 33 heavy (non-hydrogen) atoms. The van der Waals surface area contributed by atoms with Gasteiger partial charge in [-0.15, -0.1) is 11.8 Å². The van der Waals surface area contributed by atoms with Gasteiger partial charge in [0.05, 0.1) is 30.2 Å². The van der Waals surface area contributed by atoms with Crippen molar-refractivity contribution in [3.63, 3.8) is 0 Å². The van der Waals surface area contributed by atoms with Gasteiger partial charge in [-0.05, 0) is 55.5 Å². The highest BCUT2D eigenvalue weighted by Crippen LogP contribution is 2.27. The van der Waals surface area contributed by atoms with Crippen LogP contribution in [-0.4, -0.2) is 69.5 Å². The summed E-state index contributed by atoms with van der Waals surface area (Å²) in [4.78, 5) is 28.0. The van der Waals surface area contributed by atoms with Crippen LogP contribution in [0.2, 0.25) is 0 Å². The Balaban J connectivity index is 1.62. The van der Waals surface area contributed by atoms with Gasteiger partial charge >= 0.3 is 0 Å². The molecule has 1 aliphatic rings. The Kier molecular flexibility index (Phi) is 8.39. The molecular weight excluding hydrogens is 462 g/mol. The highest BCUT2D eigenvalue weighted by molar-refractivity contribution is 7.98. The van der Waals surface area contributed by atoms with Gasteiger partial charge < -0.3 is 15.0 Å². The number of amides is 2. The van der Waals surface area contributed by atoms with Crippen LogP contribution in [0, 0.1) is 5.92 Å². The summed E-state index contributed by atoms with van der Waals surface area (Å²) in [5.74, 6) is -0.465. The van der Waals surface area contributed by atoms with Crippen LogP contribution in [0.25, 0.3) is 0 Å². The molecule has 0 saturated carbocycles. The van der Waals surface area contributed by atoms with Crippen LogP contribution in [0.1, 0.15) is 12.8 Å². The fourth-order valence-corrected chi connectivity index (χ4v) is 5.88. The average Bonchev–Trinajstić information content (AvgIpc) is 2.83. The average molecular weight is 492 g/mol. The number of sulfonamides is 1. The van der Waals surface area contributed by atoms with Crippen LogP contribution < -0.4 is 10.1 Å². The van der Waals surface area contributed by atoms with E-state index in [4.69, 9.17) is 4.74 Å². The number of methoxy groups -OCH3 is 1. The Morgan fingerprint density at radius 3 is 2.55 bits per heavy atom. The third-order valence-electron chi connectivity index (χ3n) is 5.57. The van der Waals surface area contributed by atoms with E-state index in [9.17, 15) is 18.0 Å². The lowest BCUT2D eigenvalue weighted by Gasteiger charge is -2.33. The fourth-order valence-electron chi connectivity index (χ4n) is 3.80. The van der Waals surface area contributed by atoms with Gasteiger partial charge in [0.1, 0.15) is 5.75 Å². The van der Waals surface area contributed by atoms with E-state index in [0.29, 0.717) is 30.8 Å². The maximum atomic E-state index is 13.1. The fraction of sp³-hybridized carbons (Fsp3) is 0.391. The summed E-state index contributed by atoms with van der Waals surface area (Å²) < 4.78 is 32.6. The summed E-state index contributed by atoms with van der Waals surface area (Å²) in [6.45, 7) is 0.339. The minimum atomic E-state index is -3.73. The number of nitrogens with one attached hydrogen (secondary N) is 1. The Morgan fingerprint density at radius 1 is 1.18 bits per heavy atom. The van der Waals surface area contributed by atoms with Gasteiger partial charge in [0, 0.05) is 25.0 Å². The van der Waals surface area contributed by atoms with Gasteiger partial charge in [-0.25, -0.2) is 8.42 Å². The SMILES string of the molecule is COc1ccc(S(=O)(=O)N2CCCC(C(=O)N(C)CC(=O)Nc3ccccc3SC)C2)cc1. The molecule has 1 heterocycles. The number of nitrogens with zero attached hydrogens (tertiary/aromatic N) is 2. The van der Waals surface area contributed by atoms with Crippen molar-refractivity contribution >= 4 is 39.3 Å². The Hall–Kier alpha value is -2.56. The number of piperidine rings is 1. The number of likely N-dealkylation sites (N-methyl/N-ethyl adjacent to an activating group) is 1. The molecule has 2 aromatic rings. The summed E-state index contributed by atoms with van der Waals surface area (Å²) in [6.07, 6.45) is 3.08. The number of thioether (sulfide) groups is 1. The van der Waals surface area contributed by atoms with E-state index in [1.165, 1.54) is 40.2 Å². The van der Waals surface area contributed by atoms with Gasteiger partial charge in [0.25, 0.3) is 0 Å². The molecule has 1 fully saturated rings. The molecule has 3 rings (SSSR count). The molecule has 0 spiro atoms. The van der Waals surface area contributed by atoms with Gasteiger partial charge in [0.2, 0.25) is 21.8 Å². The molecule has 2 aromatic carbocycles. The number of anilines is 1. The monoisotopic (exact) mass is 491 g/mol. The molecular formula is C23H29N3O5S2. The highest BCUT2D eigenvalue weighted by Gasteiger charge is 2.34. The van der Waals surface area contributed by atoms with E-state index in [-0.39, 0.29) is 29.8 Å². The highest BCUT2D eigenvalue weighted by atomic mass is 32.2. The summed E-state index contributed by atoms with van der Waals surface area (Å²) in [6, 6.07) is 13.7. The molecule has 0 bridgehead atoms. The number of hydrogen-bond donors (Lipinski definition) is 1. The second-order valence-electron chi connectivity index (χ2n) is 7.82. The number of ether oxygens (including phenoxy) is 1. The Morgan fingerprint density at radius 2 is 1.88 bits per heavy atom. The van der Waals surface area contributed by atoms with Crippen LogP contribution in [0.15, 0.2) is 58.3 Å². The molecule has 0 aliphatic carbocycles. The van der Waals surface area contributed by atoms with E-state index >= 15 is 0 Å². The van der Waals surface area contributed by atoms with Crippen molar-refractivity contribution in [1.29, 1.82) is 0 Å². The number of carbonyl (C=O) groups is 2. The van der Waals surface area contributed by atoms with Crippen molar-refractivity contribution in [3.8, 4) is 5.75 Å². The third-order valence-corrected chi connectivity index (χ3v) is 8.24. The van der Waals surface area contributed by atoms with Gasteiger partial charge in [-0.2, -0.15) is 4.31 Å². The molecule has 1 saturated heterocycles. The Bertz CT molecular complexity index is 1090. The molecule has 1 unspecified atom stereocenters. The first-order chi connectivity index (χ1) is 15.8. The van der Waals surface area contributed by atoms with Crippen molar-refractivity contribution in [2.75, 3.05) is 45.4 Å². The molecule has 1 aliphatic heterocycles. The van der Waals surface area contributed by atoms with E-state index in [0.717, 1.165) is 4.90 Å². The van der Waals surface area contributed by atoms with Crippen molar-refractivity contribution < 1.29 is 22.7 Å². The van der Waals surface area contributed by atoms with Crippen molar-refractivity contribution in [3.05, 3.63) is 48.5 Å². The predicted molar refractivity (Wildman–Crippen MR) is 129 cm³/mol. The van der Waals surface area contributed by atoms with Crippen LogP contribution in [0.5, 0.6) is 5.75 Å². The lowest BCUT2D eigenvalue weighted by Crippen LogP contribution is -2.47. The summed E-state index contributed by atoms with van der Waals surface area (Å²) >= 11 is 1.52. The topological polar surface area (TPSA) is 96.0 Å². The van der Waals surface area contributed by atoms with E-state index in [1.807, 2.05) is 30.5 Å². The minimum Gasteiger partial charge on any atom is -0.497 e. The molecule has 1 N–H and O–H groups in total. The molecule has 8 nitrogen and oxygen atoms in total. The number of benzene rings is 2. The second kappa shape index (κ2) is 11.0. The predicted octanol–water partition coefficient (Wildman–Crippen LogP) is 2.91.